The highest BCUT2D eigenvalue weighted by Gasteiger charge is 2.01. The predicted octanol–water partition coefficient (Wildman–Crippen LogP) is 0.989. The van der Waals surface area contributed by atoms with Gasteiger partial charge in [-0.05, 0) is 0 Å². The average Bonchev–Trinajstić information content (AvgIpc) is 2.12. The number of nitrogens with zero attached hydrogens (tertiary/aromatic N) is 2. The fourth-order valence-electron chi connectivity index (χ4n) is 0.315. The van der Waals surface area contributed by atoms with Gasteiger partial charge in [0.05, 0.1) is 12.4 Å². The summed E-state index contributed by atoms with van der Waals surface area (Å²) in [5, 5.41) is 8.21. The second kappa shape index (κ2) is 1.92. The molecule has 0 bridgehead atoms. The van der Waals surface area contributed by atoms with Crippen molar-refractivity contribution in [1.29, 1.82) is 0 Å². The highest BCUT2D eigenvalue weighted by atomic mass is 31.1. The van der Waals surface area contributed by atoms with Crippen LogP contribution in [0.5, 0.6) is 0 Å². The van der Waals surface area contributed by atoms with Gasteiger partial charge in [-0.2, -0.15) is 0 Å². The first-order valence-electron chi connectivity index (χ1n) is 1.90. The van der Waals surface area contributed by atoms with E-state index in [1.807, 2.05) is 0 Å². The quantitative estimate of drug-likeness (QED) is 0.615. The minimum absolute atomic E-state index is 0.940. The van der Waals surface area contributed by atoms with Crippen LogP contribution in [-0.4, -0.2) is 20.3 Å². The van der Waals surface area contributed by atoms with Gasteiger partial charge in [-0.3, -0.25) is 0 Å². The minimum atomic E-state index is -1.45. The normalized spacial score (nSPS) is 9.00. The average molecular weight is 130 g/mol. The minimum Gasteiger partial charge on any atom is -0.473 e. The van der Waals surface area contributed by atoms with Crippen LogP contribution < -0.4 is 0 Å². The van der Waals surface area contributed by atoms with Crippen molar-refractivity contribution < 1.29 is 9.90 Å². The lowest BCUT2D eigenvalue weighted by Gasteiger charge is -1.77. The molecule has 0 unspecified atom stereocenters. The van der Waals surface area contributed by atoms with E-state index in [0.29, 0.717) is 0 Å². The van der Waals surface area contributed by atoms with E-state index in [1.54, 1.807) is 0 Å². The molecule has 0 aromatic carbocycles. The van der Waals surface area contributed by atoms with Gasteiger partial charge in [-0.25, -0.2) is 14.3 Å². The summed E-state index contributed by atoms with van der Waals surface area (Å²) in [6, 6.07) is 0. The topological polar surface area (TPSA) is 63.1 Å². The van der Waals surface area contributed by atoms with E-state index in [2.05, 4.69) is 9.49 Å². The van der Waals surface area contributed by atoms with E-state index in [4.69, 9.17) is 5.11 Å². The molecule has 0 aliphatic rings. The second-order valence-electron chi connectivity index (χ2n) is 1.10. The van der Waals surface area contributed by atoms with E-state index in [9.17, 15) is 4.79 Å². The van der Waals surface area contributed by atoms with Crippen LogP contribution in [0.25, 0.3) is 0 Å². The molecule has 0 spiro atoms. The summed E-state index contributed by atoms with van der Waals surface area (Å²) < 4.78 is 7.11. The van der Waals surface area contributed by atoms with Crippen molar-refractivity contribution in [3.05, 3.63) is 12.4 Å². The molecule has 0 fully saturated rings. The number of aromatic nitrogens is 2. The van der Waals surface area contributed by atoms with Gasteiger partial charge in [0.2, 0.25) is 0 Å². The van der Waals surface area contributed by atoms with E-state index < -0.39 is 13.6 Å². The molecule has 1 heterocycles. The van der Waals surface area contributed by atoms with E-state index >= 15 is 0 Å². The third kappa shape index (κ3) is 0.845. The molecule has 0 atom stereocenters. The Morgan fingerprint density at radius 2 is 2.00 bits per heavy atom. The maximum atomic E-state index is 10.0. The standard InChI is InChI=1S/C3H3N2O2P/c6-3(7)8-4-1-2-5-8/h1-2H,(H,6,7). The molecule has 0 saturated heterocycles. The molecule has 0 aliphatic heterocycles. The van der Waals surface area contributed by atoms with Crippen LogP contribution in [-0.2, 0) is 0 Å². The van der Waals surface area contributed by atoms with Crippen molar-refractivity contribution in [1.82, 2.24) is 9.49 Å². The van der Waals surface area contributed by atoms with Gasteiger partial charge in [0.15, 0.2) is 7.85 Å². The Morgan fingerprint density at radius 1 is 1.50 bits per heavy atom. The highest BCUT2D eigenvalue weighted by molar-refractivity contribution is 7.60. The van der Waals surface area contributed by atoms with Crippen LogP contribution in [0.4, 0.5) is 4.79 Å². The van der Waals surface area contributed by atoms with Crippen LogP contribution in [0.15, 0.2) is 12.4 Å². The van der Waals surface area contributed by atoms with Gasteiger partial charge in [-0.15, -0.1) is 0 Å². The van der Waals surface area contributed by atoms with Gasteiger partial charge in [-0.1, -0.05) is 0 Å². The van der Waals surface area contributed by atoms with Crippen molar-refractivity contribution >= 4 is 13.6 Å². The number of carbonyl (C=O) groups is 1. The molecule has 0 aliphatic carbocycles. The summed E-state index contributed by atoms with van der Waals surface area (Å²) in [5.41, 5.74) is -0.940. The van der Waals surface area contributed by atoms with E-state index in [0.717, 1.165) is 0 Å². The molecular weight excluding hydrogens is 127 g/mol. The second-order valence-corrected chi connectivity index (χ2v) is 2.52. The van der Waals surface area contributed by atoms with Gasteiger partial charge >= 0.3 is 5.71 Å². The summed E-state index contributed by atoms with van der Waals surface area (Å²) in [6.45, 7) is 0. The largest absolute Gasteiger partial charge is 0.473 e. The predicted molar refractivity (Wildman–Crippen MR) is 28.2 cm³/mol. The summed E-state index contributed by atoms with van der Waals surface area (Å²) in [5.74, 6) is 0. The van der Waals surface area contributed by atoms with Crippen molar-refractivity contribution in [2.24, 2.45) is 0 Å². The first kappa shape index (κ1) is 5.25. The summed E-state index contributed by atoms with van der Waals surface area (Å²) in [7, 11) is -1.45. The zero-order valence-electron chi connectivity index (χ0n) is 3.85. The lowest BCUT2D eigenvalue weighted by molar-refractivity contribution is 0.221. The van der Waals surface area contributed by atoms with Gasteiger partial charge in [0, 0.05) is 0 Å². The van der Waals surface area contributed by atoms with Crippen molar-refractivity contribution in [2.75, 3.05) is 0 Å². The van der Waals surface area contributed by atoms with Gasteiger partial charge in [0.25, 0.3) is 0 Å². The lowest BCUT2D eigenvalue weighted by Crippen LogP contribution is -1.80. The van der Waals surface area contributed by atoms with Crippen molar-refractivity contribution in [3.8, 4) is 0 Å². The summed E-state index contributed by atoms with van der Waals surface area (Å²) in [4.78, 5) is 10.0. The molecule has 0 saturated carbocycles. The Balaban J connectivity index is 2.93. The Bertz CT molecular complexity index is 183. The Morgan fingerprint density at radius 3 is 2.25 bits per heavy atom. The fourth-order valence-corrected chi connectivity index (χ4v) is 0.944. The molecule has 8 heavy (non-hydrogen) atoms. The number of carboxylic acid groups (broad SMARTS) is 1. The van der Waals surface area contributed by atoms with Crippen LogP contribution in [0.3, 0.4) is 0 Å². The van der Waals surface area contributed by atoms with Crippen LogP contribution in [0.2, 0.25) is 0 Å². The molecular formula is C3H3N2O2P. The van der Waals surface area contributed by atoms with Crippen molar-refractivity contribution in [2.45, 2.75) is 0 Å². The Kier molecular flexibility index (Phi) is 1.26. The molecule has 4 nitrogen and oxygen atoms in total. The maximum absolute atomic E-state index is 10.0. The molecule has 1 N–H and O–H groups in total. The Labute approximate surface area is 46.4 Å². The molecule has 0 radical (unpaired) electrons. The first-order chi connectivity index (χ1) is 3.80. The molecule has 1 aromatic rings. The SMILES string of the molecule is O=C(O)p1nccn1. The number of rotatable bonds is 1. The molecule has 0 amide bonds. The van der Waals surface area contributed by atoms with E-state index in [1.165, 1.54) is 12.4 Å². The molecule has 5 heteroatoms. The van der Waals surface area contributed by atoms with Crippen LogP contribution in [0.1, 0.15) is 0 Å². The lowest BCUT2D eigenvalue weighted by atomic mass is 11.0. The third-order valence-electron chi connectivity index (χ3n) is 0.590. The van der Waals surface area contributed by atoms with E-state index in [-0.39, 0.29) is 0 Å². The summed E-state index contributed by atoms with van der Waals surface area (Å²) >= 11 is 0. The number of hydrogen-bond acceptors (Lipinski definition) is 3. The highest BCUT2D eigenvalue weighted by Crippen LogP contribution is 2.15. The van der Waals surface area contributed by atoms with Gasteiger partial charge < -0.3 is 5.11 Å². The zero-order chi connectivity index (χ0) is 5.98. The monoisotopic (exact) mass is 130 g/mol. The summed E-state index contributed by atoms with van der Waals surface area (Å²) in [6.07, 6.45) is 2.81. The zero-order valence-corrected chi connectivity index (χ0v) is 4.75. The molecule has 42 valence electrons. The first-order valence-corrected chi connectivity index (χ1v) is 3.15. The van der Waals surface area contributed by atoms with Gasteiger partial charge in [0.1, 0.15) is 0 Å². The molecule has 1 aromatic heterocycles. The smallest absolute Gasteiger partial charge is 0.386 e. The third-order valence-corrected chi connectivity index (χ3v) is 1.64. The molecule has 1 rings (SSSR count). The van der Waals surface area contributed by atoms with Crippen LogP contribution >= 0.6 is 7.85 Å². The van der Waals surface area contributed by atoms with Crippen LogP contribution in [0, 0.1) is 0 Å². The van der Waals surface area contributed by atoms with Crippen molar-refractivity contribution in [3.63, 3.8) is 0 Å². The Hall–Kier alpha value is -0.890. The maximum Gasteiger partial charge on any atom is 0.386 e. The number of hydrogen-bond donors (Lipinski definition) is 1. The fraction of sp³-hybridized carbons (Fsp3) is 0.